The molecule has 6 rings (SSSR count). The molecular weight excluding hydrogens is 508 g/mol. The number of hydrogen-bond acceptors (Lipinski definition) is 6. The Labute approximate surface area is 228 Å². The Morgan fingerprint density at radius 1 is 1.00 bits per heavy atom. The molecule has 1 aromatic heterocycles. The number of carbonyl (C=O) groups is 1. The molecule has 7 heteroatoms. The number of benzene rings is 4. The van der Waals surface area contributed by atoms with Crippen LogP contribution in [-0.4, -0.2) is 24.3 Å². The number of ether oxygens (including phenoxy) is 2. The molecule has 6 nitrogen and oxygen atoms in total. The normalized spacial score (nSPS) is 15.4. The fourth-order valence-electron chi connectivity index (χ4n) is 5.23. The first-order valence-electron chi connectivity index (χ1n) is 12.7. The smallest absolute Gasteiger partial charge is 0.338 e. The van der Waals surface area contributed by atoms with E-state index in [0.29, 0.717) is 26.4 Å². The van der Waals surface area contributed by atoms with E-state index >= 15 is 0 Å². The zero-order valence-corrected chi connectivity index (χ0v) is 22.6. The molecule has 1 aliphatic rings. The summed E-state index contributed by atoms with van der Waals surface area (Å²) in [6.45, 7) is 3.78. The van der Waals surface area contributed by atoms with E-state index in [0.717, 1.165) is 32.7 Å². The maximum absolute atomic E-state index is 14.1. The minimum atomic E-state index is -0.669. The second-order valence-electron chi connectivity index (χ2n) is 9.31. The third-order valence-electron chi connectivity index (χ3n) is 7.04. The molecule has 1 atom stereocenters. The highest BCUT2D eigenvalue weighted by molar-refractivity contribution is 7.07. The Balaban J connectivity index is 1.63. The maximum Gasteiger partial charge on any atom is 0.338 e. The van der Waals surface area contributed by atoms with Crippen molar-refractivity contribution in [2.24, 2.45) is 4.99 Å². The number of aromatic nitrogens is 1. The summed E-state index contributed by atoms with van der Waals surface area (Å²) in [6, 6.07) is 25.3. The van der Waals surface area contributed by atoms with Crippen molar-refractivity contribution in [1.82, 2.24) is 4.57 Å². The highest BCUT2D eigenvalue weighted by Gasteiger charge is 2.33. The van der Waals surface area contributed by atoms with E-state index in [2.05, 4.69) is 30.3 Å². The topological polar surface area (TPSA) is 69.9 Å². The summed E-state index contributed by atoms with van der Waals surface area (Å²) in [7, 11) is 1.60. The summed E-state index contributed by atoms with van der Waals surface area (Å²) in [5, 5.41) is 4.34. The van der Waals surface area contributed by atoms with Crippen LogP contribution in [0.5, 0.6) is 5.75 Å². The van der Waals surface area contributed by atoms with Crippen molar-refractivity contribution in [2.45, 2.75) is 19.9 Å². The minimum absolute atomic E-state index is 0.203. The van der Waals surface area contributed by atoms with Gasteiger partial charge in [-0.25, -0.2) is 9.79 Å². The first kappa shape index (κ1) is 24.8. The van der Waals surface area contributed by atoms with Crippen LogP contribution in [0.2, 0.25) is 0 Å². The van der Waals surface area contributed by atoms with Gasteiger partial charge in [0, 0.05) is 0 Å². The third kappa shape index (κ3) is 4.25. The summed E-state index contributed by atoms with van der Waals surface area (Å²) >= 11 is 1.33. The van der Waals surface area contributed by atoms with Crippen molar-refractivity contribution in [3.05, 3.63) is 121 Å². The molecule has 0 radical (unpaired) electrons. The van der Waals surface area contributed by atoms with Crippen LogP contribution in [0.4, 0.5) is 0 Å². The van der Waals surface area contributed by atoms with Crippen LogP contribution in [0.1, 0.15) is 31.0 Å². The molecule has 0 saturated carbocycles. The predicted molar refractivity (Wildman–Crippen MR) is 155 cm³/mol. The molecule has 0 bridgehead atoms. The van der Waals surface area contributed by atoms with Crippen LogP contribution in [0, 0.1) is 0 Å². The van der Waals surface area contributed by atoms with E-state index in [-0.39, 0.29) is 12.2 Å². The van der Waals surface area contributed by atoms with Crippen LogP contribution in [-0.2, 0) is 9.53 Å². The van der Waals surface area contributed by atoms with E-state index in [1.165, 1.54) is 11.3 Å². The molecule has 0 saturated heterocycles. The molecule has 39 heavy (non-hydrogen) atoms. The van der Waals surface area contributed by atoms with Crippen LogP contribution < -0.4 is 19.6 Å². The summed E-state index contributed by atoms with van der Waals surface area (Å²) in [5.74, 6) is 0.210. The standard InChI is InChI=1S/C32H26N2O4S/c1-4-38-31(36)28-19(2)33-32-34(29(28)20-13-15-23(37-3)16-14-20)30(35)27(39-32)18-26-24-11-7-5-9-21(24)17-22-10-6-8-12-25(22)26/h5-18,29H,4H2,1-3H3. The number of fused-ring (bicyclic) bond motifs is 3. The first-order chi connectivity index (χ1) is 19.0. The molecule has 0 aliphatic carbocycles. The summed E-state index contributed by atoms with van der Waals surface area (Å²) in [4.78, 5) is 32.5. The number of esters is 1. The molecule has 2 heterocycles. The summed E-state index contributed by atoms with van der Waals surface area (Å²) in [6.07, 6.45) is 1.96. The van der Waals surface area contributed by atoms with Gasteiger partial charge in [0.15, 0.2) is 4.80 Å². The van der Waals surface area contributed by atoms with E-state index in [1.54, 1.807) is 25.5 Å². The van der Waals surface area contributed by atoms with Crippen molar-refractivity contribution in [2.75, 3.05) is 13.7 Å². The molecule has 0 amide bonds. The highest BCUT2D eigenvalue weighted by Crippen LogP contribution is 2.32. The van der Waals surface area contributed by atoms with Gasteiger partial charge in [0.25, 0.3) is 5.56 Å². The second-order valence-corrected chi connectivity index (χ2v) is 10.3. The van der Waals surface area contributed by atoms with Gasteiger partial charge in [0.1, 0.15) is 5.75 Å². The molecule has 194 valence electrons. The molecule has 1 unspecified atom stereocenters. The van der Waals surface area contributed by atoms with Crippen molar-refractivity contribution in [1.29, 1.82) is 0 Å². The zero-order valence-electron chi connectivity index (χ0n) is 21.8. The first-order valence-corrected chi connectivity index (χ1v) is 13.6. The molecule has 5 aromatic rings. The van der Waals surface area contributed by atoms with E-state index in [9.17, 15) is 9.59 Å². The lowest BCUT2D eigenvalue weighted by atomic mass is 9.95. The van der Waals surface area contributed by atoms with Gasteiger partial charge in [-0.05, 0) is 70.8 Å². The Kier molecular flexibility index (Phi) is 6.37. The number of rotatable bonds is 5. The predicted octanol–water partition coefficient (Wildman–Crippen LogP) is 5.11. The maximum atomic E-state index is 14.1. The molecular formula is C32H26N2O4S. The van der Waals surface area contributed by atoms with Crippen molar-refractivity contribution >= 4 is 44.9 Å². The Bertz CT molecular complexity index is 1910. The average molecular weight is 535 g/mol. The van der Waals surface area contributed by atoms with Crippen molar-refractivity contribution in [3.63, 3.8) is 0 Å². The second kappa shape index (κ2) is 10.0. The number of allylic oxidation sites excluding steroid dienone is 1. The Morgan fingerprint density at radius 2 is 1.64 bits per heavy atom. The minimum Gasteiger partial charge on any atom is -0.497 e. The molecule has 0 N–H and O–H groups in total. The summed E-state index contributed by atoms with van der Waals surface area (Å²) in [5.41, 5.74) is 2.45. The number of hydrogen-bond donors (Lipinski definition) is 0. The van der Waals surface area contributed by atoms with E-state index in [4.69, 9.17) is 14.5 Å². The number of methoxy groups -OCH3 is 1. The van der Waals surface area contributed by atoms with E-state index < -0.39 is 12.0 Å². The third-order valence-corrected chi connectivity index (χ3v) is 8.02. The SMILES string of the molecule is CCOC(=O)C1=C(C)N=c2sc(=Cc3c4ccccc4cc4ccccc34)c(=O)n2C1c1ccc(OC)cc1. The average Bonchev–Trinajstić information content (AvgIpc) is 3.26. The molecule has 4 aromatic carbocycles. The van der Waals surface area contributed by atoms with Gasteiger partial charge in [-0.1, -0.05) is 72.0 Å². The molecule has 0 fully saturated rings. The lowest BCUT2D eigenvalue weighted by Gasteiger charge is -2.24. The fourth-order valence-corrected chi connectivity index (χ4v) is 6.26. The lowest BCUT2D eigenvalue weighted by molar-refractivity contribution is -0.139. The number of nitrogens with zero attached hydrogens (tertiary/aromatic N) is 2. The summed E-state index contributed by atoms with van der Waals surface area (Å²) < 4.78 is 12.9. The zero-order chi connectivity index (χ0) is 27.1. The van der Waals surface area contributed by atoms with E-state index in [1.807, 2.05) is 54.6 Å². The fraction of sp³-hybridized carbons (Fsp3) is 0.156. The largest absolute Gasteiger partial charge is 0.497 e. The molecule has 1 aliphatic heterocycles. The van der Waals surface area contributed by atoms with Gasteiger partial charge < -0.3 is 9.47 Å². The number of thiazole rings is 1. The monoisotopic (exact) mass is 534 g/mol. The van der Waals surface area contributed by atoms with Crippen LogP contribution in [0.3, 0.4) is 0 Å². The lowest BCUT2D eigenvalue weighted by Crippen LogP contribution is -2.39. The van der Waals surface area contributed by atoms with Gasteiger partial charge >= 0.3 is 5.97 Å². The van der Waals surface area contributed by atoms with Crippen LogP contribution in [0.15, 0.2) is 99.9 Å². The van der Waals surface area contributed by atoms with Crippen LogP contribution in [0.25, 0.3) is 27.6 Å². The number of carbonyl (C=O) groups excluding carboxylic acids is 1. The van der Waals surface area contributed by atoms with Crippen LogP contribution >= 0.6 is 11.3 Å². The van der Waals surface area contributed by atoms with Crippen molar-refractivity contribution < 1.29 is 14.3 Å². The Morgan fingerprint density at radius 3 is 2.26 bits per heavy atom. The van der Waals surface area contributed by atoms with Gasteiger partial charge in [0.05, 0.1) is 35.6 Å². The van der Waals surface area contributed by atoms with Gasteiger partial charge in [-0.3, -0.25) is 9.36 Å². The quantitative estimate of drug-likeness (QED) is 0.232. The van der Waals surface area contributed by atoms with Gasteiger partial charge in [-0.2, -0.15) is 0 Å². The van der Waals surface area contributed by atoms with Crippen molar-refractivity contribution in [3.8, 4) is 5.75 Å². The van der Waals surface area contributed by atoms with Gasteiger partial charge in [-0.15, -0.1) is 0 Å². The Hall–Kier alpha value is -4.49. The molecule has 0 spiro atoms. The highest BCUT2D eigenvalue weighted by atomic mass is 32.1. The van der Waals surface area contributed by atoms with Gasteiger partial charge in [0.2, 0.25) is 0 Å².